The van der Waals surface area contributed by atoms with Gasteiger partial charge in [-0.25, -0.2) is 4.98 Å². The number of aryl methyl sites for hydroxylation is 1. The maximum absolute atomic E-state index is 4.70. The predicted molar refractivity (Wildman–Crippen MR) is 80.5 cm³/mol. The standard InChI is InChI=1S/C14H23N3S/c1-4-15-9-13-7-11(2)16-14(8-13)17-5-6-18-10-12(17)3/h7-8,12,15H,4-6,9-10H2,1-3H3. The van der Waals surface area contributed by atoms with Gasteiger partial charge < -0.3 is 10.2 Å². The Bertz CT molecular complexity index is 395. The fourth-order valence-electron chi connectivity index (χ4n) is 2.31. The van der Waals surface area contributed by atoms with Crippen LogP contribution in [0.2, 0.25) is 0 Å². The monoisotopic (exact) mass is 265 g/mol. The van der Waals surface area contributed by atoms with Gasteiger partial charge in [-0.05, 0) is 38.1 Å². The van der Waals surface area contributed by atoms with Crippen LogP contribution in [0.15, 0.2) is 12.1 Å². The molecule has 4 heteroatoms. The lowest BCUT2D eigenvalue weighted by molar-refractivity contribution is 0.683. The molecule has 1 aromatic heterocycles. The molecule has 2 heterocycles. The molecule has 1 saturated heterocycles. The molecule has 1 atom stereocenters. The van der Waals surface area contributed by atoms with Crippen molar-refractivity contribution in [3.05, 3.63) is 23.4 Å². The molecule has 18 heavy (non-hydrogen) atoms. The minimum Gasteiger partial charge on any atom is -0.352 e. The van der Waals surface area contributed by atoms with Crippen LogP contribution in [-0.2, 0) is 6.54 Å². The van der Waals surface area contributed by atoms with Crippen molar-refractivity contribution in [2.24, 2.45) is 0 Å². The number of anilines is 1. The second-order valence-electron chi connectivity index (χ2n) is 4.87. The van der Waals surface area contributed by atoms with E-state index in [1.807, 2.05) is 11.8 Å². The van der Waals surface area contributed by atoms with Crippen molar-refractivity contribution in [2.45, 2.75) is 33.4 Å². The van der Waals surface area contributed by atoms with E-state index in [0.717, 1.165) is 31.1 Å². The van der Waals surface area contributed by atoms with Gasteiger partial charge >= 0.3 is 0 Å². The van der Waals surface area contributed by atoms with Crippen molar-refractivity contribution in [2.75, 3.05) is 29.5 Å². The Morgan fingerprint density at radius 2 is 2.33 bits per heavy atom. The molecule has 0 aliphatic carbocycles. The molecule has 1 aromatic rings. The van der Waals surface area contributed by atoms with Crippen molar-refractivity contribution in [3.63, 3.8) is 0 Å². The van der Waals surface area contributed by atoms with Crippen molar-refractivity contribution >= 4 is 17.6 Å². The molecular weight excluding hydrogens is 242 g/mol. The van der Waals surface area contributed by atoms with Gasteiger partial charge in [-0.2, -0.15) is 11.8 Å². The SMILES string of the molecule is CCNCc1cc(C)nc(N2CCSCC2C)c1. The molecule has 0 radical (unpaired) electrons. The number of aromatic nitrogens is 1. The zero-order valence-corrected chi connectivity index (χ0v) is 12.4. The Labute approximate surface area is 114 Å². The van der Waals surface area contributed by atoms with E-state index in [0.29, 0.717) is 6.04 Å². The van der Waals surface area contributed by atoms with Gasteiger partial charge in [-0.3, -0.25) is 0 Å². The Kier molecular flexibility index (Phi) is 4.89. The highest BCUT2D eigenvalue weighted by atomic mass is 32.2. The molecule has 1 aliphatic rings. The summed E-state index contributed by atoms with van der Waals surface area (Å²) < 4.78 is 0. The van der Waals surface area contributed by atoms with Gasteiger partial charge in [0.25, 0.3) is 0 Å². The molecule has 3 nitrogen and oxygen atoms in total. The fraction of sp³-hybridized carbons (Fsp3) is 0.643. The van der Waals surface area contributed by atoms with E-state index in [1.54, 1.807) is 0 Å². The number of thioether (sulfide) groups is 1. The van der Waals surface area contributed by atoms with E-state index < -0.39 is 0 Å². The van der Waals surface area contributed by atoms with E-state index in [4.69, 9.17) is 4.98 Å². The van der Waals surface area contributed by atoms with Crippen LogP contribution >= 0.6 is 11.8 Å². The largest absolute Gasteiger partial charge is 0.352 e. The van der Waals surface area contributed by atoms with Crippen molar-refractivity contribution < 1.29 is 0 Å². The van der Waals surface area contributed by atoms with Gasteiger partial charge in [0.1, 0.15) is 5.82 Å². The Hall–Kier alpha value is -0.740. The highest BCUT2D eigenvalue weighted by Gasteiger charge is 2.20. The first kappa shape index (κ1) is 13.7. The summed E-state index contributed by atoms with van der Waals surface area (Å²) in [5.41, 5.74) is 2.45. The molecule has 1 unspecified atom stereocenters. The molecule has 1 N–H and O–H groups in total. The van der Waals surface area contributed by atoms with Crippen LogP contribution in [0.4, 0.5) is 5.82 Å². The second-order valence-corrected chi connectivity index (χ2v) is 6.02. The van der Waals surface area contributed by atoms with Crippen LogP contribution in [0.5, 0.6) is 0 Å². The molecule has 0 amide bonds. The zero-order chi connectivity index (χ0) is 13.0. The molecule has 0 bridgehead atoms. The van der Waals surface area contributed by atoms with Gasteiger partial charge in [0.2, 0.25) is 0 Å². The first-order valence-corrected chi connectivity index (χ1v) is 7.89. The van der Waals surface area contributed by atoms with E-state index in [-0.39, 0.29) is 0 Å². The summed E-state index contributed by atoms with van der Waals surface area (Å²) in [5.74, 6) is 3.57. The van der Waals surface area contributed by atoms with E-state index in [2.05, 4.69) is 43.1 Å². The Balaban J connectivity index is 2.18. The lowest BCUT2D eigenvalue weighted by Crippen LogP contribution is -2.41. The predicted octanol–water partition coefficient (Wildman–Crippen LogP) is 2.44. The van der Waals surface area contributed by atoms with Gasteiger partial charge in [0, 0.05) is 36.3 Å². The van der Waals surface area contributed by atoms with Crippen LogP contribution < -0.4 is 10.2 Å². The first-order chi connectivity index (χ1) is 8.70. The third-order valence-electron chi connectivity index (χ3n) is 3.24. The smallest absolute Gasteiger partial charge is 0.129 e. The van der Waals surface area contributed by atoms with Gasteiger partial charge in [-0.15, -0.1) is 0 Å². The summed E-state index contributed by atoms with van der Waals surface area (Å²) in [7, 11) is 0. The number of rotatable bonds is 4. The van der Waals surface area contributed by atoms with Gasteiger partial charge in [0.15, 0.2) is 0 Å². The lowest BCUT2D eigenvalue weighted by atomic mass is 10.2. The lowest BCUT2D eigenvalue weighted by Gasteiger charge is -2.34. The summed E-state index contributed by atoms with van der Waals surface area (Å²) in [4.78, 5) is 7.15. The quantitative estimate of drug-likeness (QED) is 0.905. The van der Waals surface area contributed by atoms with Gasteiger partial charge in [-0.1, -0.05) is 6.92 Å². The second kappa shape index (κ2) is 6.43. The highest BCUT2D eigenvalue weighted by Crippen LogP contribution is 2.23. The van der Waals surface area contributed by atoms with Crippen LogP contribution in [0.25, 0.3) is 0 Å². The topological polar surface area (TPSA) is 28.2 Å². The molecule has 0 saturated carbocycles. The number of nitrogens with one attached hydrogen (secondary N) is 1. The van der Waals surface area contributed by atoms with E-state index in [9.17, 15) is 0 Å². The number of hydrogen-bond acceptors (Lipinski definition) is 4. The number of nitrogens with zero attached hydrogens (tertiary/aromatic N) is 2. The molecule has 100 valence electrons. The summed E-state index contributed by atoms with van der Waals surface area (Å²) >= 11 is 2.04. The molecule has 0 spiro atoms. The maximum atomic E-state index is 4.70. The average molecular weight is 265 g/mol. The van der Waals surface area contributed by atoms with E-state index in [1.165, 1.54) is 17.1 Å². The molecule has 2 rings (SSSR count). The average Bonchev–Trinajstić information content (AvgIpc) is 2.36. The van der Waals surface area contributed by atoms with Crippen molar-refractivity contribution in [3.8, 4) is 0 Å². The third kappa shape index (κ3) is 3.39. The molecule has 0 aromatic carbocycles. The number of pyridine rings is 1. The highest BCUT2D eigenvalue weighted by molar-refractivity contribution is 7.99. The minimum atomic E-state index is 0.588. The maximum Gasteiger partial charge on any atom is 0.129 e. The minimum absolute atomic E-state index is 0.588. The van der Waals surface area contributed by atoms with Crippen LogP contribution in [-0.4, -0.2) is 35.6 Å². The third-order valence-corrected chi connectivity index (χ3v) is 4.43. The Morgan fingerprint density at radius 1 is 1.50 bits per heavy atom. The summed E-state index contributed by atoms with van der Waals surface area (Å²) in [6.45, 7) is 9.57. The van der Waals surface area contributed by atoms with Crippen molar-refractivity contribution in [1.82, 2.24) is 10.3 Å². The first-order valence-electron chi connectivity index (χ1n) is 6.73. The summed E-state index contributed by atoms with van der Waals surface area (Å²) in [6, 6.07) is 5.00. The van der Waals surface area contributed by atoms with Crippen molar-refractivity contribution in [1.29, 1.82) is 0 Å². The normalized spacial score (nSPS) is 20.2. The molecular formula is C14H23N3S. The summed E-state index contributed by atoms with van der Waals surface area (Å²) in [5, 5.41) is 3.38. The van der Waals surface area contributed by atoms with E-state index >= 15 is 0 Å². The van der Waals surface area contributed by atoms with Crippen LogP contribution in [0, 0.1) is 6.92 Å². The zero-order valence-electron chi connectivity index (χ0n) is 11.6. The number of hydrogen-bond donors (Lipinski definition) is 1. The Morgan fingerprint density at radius 3 is 3.06 bits per heavy atom. The van der Waals surface area contributed by atoms with Gasteiger partial charge in [0.05, 0.1) is 0 Å². The molecule has 1 fully saturated rings. The fourth-order valence-corrected chi connectivity index (χ4v) is 3.32. The summed E-state index contributed by atoms with van der Waals surface area (Å²) in [6.07, 6.45) is 0. The van der Waals surface area contributed by atoms with Crippen LogP contribution in [0.3, 0.4) is 0 Å². The van der Waals surface area contributed by atoms with Crippen LogP contribution in [0.1, 0.15) is 25.1 Å². The molecule has 1 aliphatic heterocycles.